The van der Waals surface area contributed by atoms with Crippen LogP contribution in [0.3, 0.4) is 0 Å². The summed E-state index contributed by atoms with van der Waals surface area (Å²) in [4.78, 5) is 42.2. The Labute approximate surface area is 182 Å². The van der Waals surface area contributed by atoms with Crippen molar-refractivity contribution in [2.75, 3.05) is 23.3 Å². The van der Waals surface area contributed by atoms with Crippen LogP contribution in [0.4, 0.5) is 11.4 Å². The van der Waals surface area contributed by atoms with E-state index in [0.717, 1.165) is 34.9 Å². The van der Waals surface area contributed by atoms with Crippen LogP contribution in [-0.2, 0) is 11.2 Å². The second kappa shape index (κ2) is 8.19. The maximum atomic E-state index is 12.6. The number of aromatic nitrogens is 1. The molecule has 0 fully saturated rings. The smallest absolute Gasteiger partial charge is 0.248 e. The number of rotatable bonds is 6. The Morgan fingerprint density at radius 1 is 1.10 bits per heavy atom. The summed E-state index contributed by atoms with van der Waals surface area (Å²) in [6, 6.07) is 10.3. The fraction of sp³-hybridized carbons (Fsp3) is 0.182. The Kier molecular flexibility index (Phi) is 5.43. The van der Waals surface area contributed by atoms with Crippen molar-refractivity contribution < 1.29 is 14.4 Å². The summed E-state index contributed by atoms with van der Waals surface area (Å²) in [6.45, 7) is 2.83. The molecule has 1 aliphatic heterocycles. The fourth-order valence-electron chi connectivity index (χ4n) is 3.65. The highest BCUT2D eigenvalue weighted by atomic mass is 32.1. The highest BCUT2D eigenvalue weighted by Gasteiger charge is 2.22. The Morgan fingerprint density at radius 3 is 2.42 bits per heavy atom. The lowest BCUT2D eigenvalue weighted by Crippen LogP contribution is -2.32. The molecule has 2 heterocycles. The van der Waals surface area contributed by atoms with Gasteiger partial charge in [-0.15, -0.1) is 11.3 Å². The van der Waals surface area contributed by atoms with E-state index in [1.165, 1.54) is 23.8 Å². The third-order valence-electron chi connectivity index (χ3n) is 5.11. The van der Waals surface area contributed by atoms with Crippen LogP contribution in [0.1, 0.15) is 31.3 Å². The van der Waals surface area contributed by atoms with Crippen molar-refractivity contribution >= 4 is 40.4 Å². The van der Waals surface area contributed by atoms with Crippen molar-refractivity contribution in [1.29, 1.82) is 0 Å². The molecule has 0 bridgehead atoms. The molecular weight excluding hydrogens is 414 g/mol. The quantitative estimate of drug-likeness (QED) is 0.547. The number of hydrogen-bond acceptors (Lipinski definition) is 6. The van der Waals surface area contributed by atoms with Crippen LogP contribution in [0.5, 0.6) is 0 Å². The summed E-state index contributed by atoms with van der Waals surface area (Å²) in [5, 5.41) is 5.79. The van der Waals surface area contributed by atoms with Gasteiger partial charge in [0.05, 0.1) is 17.2 Å². The predicted octanol–water partition coefficient (Wildman–Crippen LogP) is 2.32. The van der Waals surface area contributed by atoms with Crippen molar-refractivity contribution in [3.8, 4) is 11.3 Å². The van der Waals surface area contributed by atoms with Crippen molar-refractivity contribution in [1.82, 2.24) is 4.98 Å². The van der Waals surface area contributed by atoms with Gasteiger partial charge in [-0.1, -0.05) is 6.07 Å². The molecule has 0 atom stereocenters. The minimum Gasteiger partial charge on any atom is -0.366 e. The number of carbonyl (C=O) groups excluding carboxylic acids is 3. The molecule has 0 aliphatic carbocycles. The van der Waals surface area contributed by atoms with Crippen LogP contribution in [0.15, 0.2) is 41.8 Å². The molecule has 5 N–H and O–H groups in total. The Hall–Kier alpha value is -3.72. The number of benzene rings is 2. The van der Waals surface area contributed by atoms with E-state index in [1.807, 2.05) is 29.3 Å². The molecule has 31 heavy (non-hydrogen) atoms. The van der Waals surface area contributed by atoms with E-state index < -0.39 is 11.8 Å². The minimum absolute atomic E-state index is 0.0999. The Bertz CT molecular complexity index is 1170. The number of nitrogens with zero attached hydrogens (tertiary/aromatic N) is 2. The first-order valence-electron chi connectivity index (χ1n) is 9.65. The van der Waals surface area contributed by atoms with Crippen LogP contribution in [0, 0.1) is 6.92 Å². The second-order valence-corrected chi connectivity index (χ2v) is 8.40. The summed E-state index contributed by atoms with van der Waals surface area (Å²) in [6.07, 6.45) is 0.836. The molecule has 0 radical (unpaired) electrons. The number of aryl methyl sites for hydroxylation is 1. The lowest BCUT2D eigenvalue weighted by atomic mass is 10.1. The largest absolute Gasteiger partial charge is 0.366 e. The topological polar surface area (TPSA) is 131 Å². The highest BCUT2D eigenvalue weighted by molar-refractivity contribution is 7.09. The van der Waals surface area contributed by atoms with E-state index in [0.29, 0.717) is 5.69 Å². The normalized spacial score (nSPS) is 12.5. The number of fused-ring (bicyclic) bond motifs is 1. The summed E-state index contributed by atoms with van der Waals surface area (Å²) in [5.41, 5.74) is 15.3. The molecule has 0 spiro atoms. The molecular formula is C22H21N5O3S. The number of nitrogens with two attached hydrogens (primary N) is 2. The van der Waals surface area contributed by atoms with E-state index in [9.17, 15) is 14.4 Å². The fourth-order valence-corrected chi connectivity index (χ4v) is 4.27. The molecule has 1 aromatic heterocycles. The maximum Gasteiger partial charge on any atom is 0.248 e. The third kappa shape index (κ3) is 4.41. The monoisotopic (exact) mass is 435 g/mol. The molecule has 0 saturated carbocycles. The maximum absolute atomic E-state index is 12.6. The average Bonchev–Trinajstić information content (AvgIpc) is 3.33. The number of nitrogens with one attached hydrogen (secondary N) is 1. The van der Waals surface area contributed by atoms with Gasteiger partial charge in [0, 0.05) is 40.0 Å². The number of hydrogen-bond donors (Lipinski definition) is 3. The standard InChI is InChI=1S/C22H21N5O3S/c1-12-25-18(11-31-12)13-2-3-19-14(6-13)4-5-27(19)10-20(28)26-17-8-15(21(23)29)7-16(9-17)22(24)30/h2-3,6-9,11H,4-5,10H2,1H3,(H2,23,29)(H2,24,30)(H,26,28). The molecule has 3 aromatic rings. The SMILES string of the molecule is Cc1nc(-c2ccc3c(c2)CCN3CC(=O)Nc2cc(C(N)=O)cc(C(N)=O)c2)cs1. The van der Waals surface area contributed by atoms with Crippen molar-refractivity contribution in [2.45, 2.75) is 13.3 Å². The van der Waals surface area contributed by atoms with Gasteiger partial charge >= 0.3 is 0 Å². The lowest BCUT2D eigenvalue weighted by molar-refractivity contribution is -0.115. The molecule has 2 aromatic carbocycles. The summed E-state index contributed by atoms with van der Waals surface area (Å²) in [7, 11) is 0. The van der Waals surface area contributed by atoms with Crippen LogP contribution in [0.2, 0.25) is 0 Å². The predicted molar refractivity (Wildman–Crippen MR) is 120 cm³/mol. The Balaban J connectivity index is 1.48. The molecule has 3 amide bonds. The van der Waals surface area contributed by atoms with Gasteiger partial charge in [0.15, 0.2) is 0 Å². The van der Waals surface area contributed by atoms with E-state index in [-0.39, 0.29) is 23.6 Å². The van der Waals surface area contributed by atoms with Crippen LogP contribution in [0.25, 0.3) is 11.3 Å². The molecule has 4 rings (SSSR count). The van der Waals surface area contributed by atoms with E-state index in [4.69, 9.17) is 11.5 Å². The van der Waals surface area contributed by atoms with Gasteiger partial charge in [-0.3, -0.25) is 14.4 Å². The summed E-state index contributed by atoms with van der Waals surface area (Å²) < 4.78 is 0. The highest BCUT2D eigenvalue weighted by Crippen LogP contribution is 2.32. The van der Waals surface area contributed by atoms with E-state index in [1.54, 1.807) is 11.3 Å². The summed E-state index contributed by atoms with van der Waals surface area (Å²) in [5.74, 6) is -1.69. The molecule has 1 aliphatic rings. The van der Waals surface area contributed by atoms with Gasteiger partial charge in [-0.05, 0) is 49.2 Å². The average molecular weight is 436 g/mol. The number of carbonyl (C=O) groups is 3. The van der Waals surface area contributed by atoms with Gasteiger partial charge in [-0.25, -0.2) is 4.98 Å². The van der Waals surface area contributed by atoms with Gasteiger partial charge in [0.2, 0.25) is 17.7 Å². The van der Waals surface area contributed by atoms with E-state index in [2.05, 4.69) is 16.4 Å². The zero-order valence-corrected chi connectivity index (χ0v) is 17.7. The zero-order valence-electron chi connectivity index (χ0n) is 16.8. The van der Waals surface area contributed by atoms with Gasteiger partial charge < -0.3 is 21.7 Å². The van der Waals surface area contributed by atoms with Gasteiger partial charge in [0.25, 0.3) is 0 Å². The van der Waals surface area contributed by atoms with Crippen LogP contribution < -0.4 is 21.7 Å². The van der Waals surface area contributed by atoms with E-state index >= 15 is 0 Å². The lowest BCUT2D eigenvalue weighted by Gasteiger charge is -2.19. The second-order valence-electron chi connectivity index (χ2n) is 7.34. The van der Waals surface area contributed by atoms with Crippen molar-refractivity contribution in [3.63, 3.8) is 0 Å². The number of anilines is 2. The number of amides is 3. The third-order valence-corrected chi connectivity index (χ3v) is 5.88. The summed E-state index contributed by atoms with van der Waals surface area (Å²) >= 11 is 1.62. The van der Waals surface area contributed by atoms with Crippen LogP contribution >= 0.6 is 11.3 Å². The first-order valence-corrected chi connectivity index (χ1v) is 10.5. The first kappa shape index (κ1) is 20.5. The van der Waals surface area contributed by atoms with Crippen molar-refractivity contribution in [3.05, 3.63) is 63.5 Å². The number of primary amides is 2. The Morgan fingerprint density at radius 2 is 1.81 bits per heavy atom. The number of thiazole rings is 1. The molecule has 8 nitrogen and oxygen atoms in total. The zero-order chi connectivity index (χ0) is 22.1. The first-order chi connectivity index (χ1) is 14.8. The van der Waals surface area contributed by atoms with Gasteiger partial charge in [0.1, 0.15) is 0 Å². The van der Waals surface area contributed by atoms with Crippen molar-refractivity contribution in [2.24, 2.45) is 11.5 Å². The molecule has 158 valence electrons. The van der Waals surface area contributed by atoms with Gasteiger partial charge in [-0.2, -0.15) is 0 Å². The molecule has 9 heteroatoms. The molecule has 0 unspecified atom stereocenters. The molecule has 0 saturated heterocycles. The minimum atomic E-state index is -0.710. The van der Waals surface area contributed by atoms with Crippen LogP contribution in [-0.4, -0.2) is 35.8 Å².